The minimum absolute atomic E-state index is 0.191. The largest absolute Gasteiger partial charge is 0.416 e. The molecule has 1 fully saturated rings. The summed E-state index contributed by atoms with van der Waals surface area (Å²) in [6.07, 6.45) is -2.20. The molecular formula is C15H20F3N. The van der Waals surface area contributed by atoms with Gasteiger partial charge >= 0.3 is 6.18 Å². The molecular weight excluding hydrogens is 251 g/mol. The lowest BCUT2D eigenvalue weighted by molar-refractivity contribution is -0.137. The second kappa shape index (κ2) is 4.82. The van der Waals surface area contributed by atoms with Gasteiger partial charge in [0.25, 0.3) is 0 Å². The van der Waals surface area contributed by atoms with Crippen LogP contribution in [0.15, 0.2) is 18.2 Å². The number of rotatable bonds is 1. The number of benzene rings is 1. The quantitative estimate of drug-likeness (QED) is 0.797. The summed E-state index contributed by atoms with van der Waals surface area (Å²) in [6.45, 7) is 6.82. The number of halogens is 3. The standard InChI is InChI=1S/C15H20F3N/c1-14(2,3)12-9-10(15(16,17)18)6-7-11(12)13-5-4-8-19-13/h6-7,9,13,19H,4-5,8H2,1-3H3. The van der Waals surface area contributed by atoms with Crippen LogP contribution in [0.3, 0.4) is 0 Å². The van der Waals surface area contributed by atoms with E-state index >= 15 is 0 Å². The molecule has 1 aromatic carbocycles. The molecule has 1 atom stereocenters. The van der Waals surface area contributed by atoms with E-state index in [4.69, 9.17) is 0 Å². The van der Waals surface area contributed by atoms with Crippen molar-refractivity contribution >= 4 is 0 Å². The van der Waals surface area contributed by atoms with E-state index in [9.17, 15) is 13.2 Å². The van der Waals surface area contributed by atoms with Crippen LogP contribution in [0.4, 0.5) is 13.2 Å². The summed E-state index contributed by atoms with van der Waals surface area (Å²) in [6, 6.07) is 4.35. The molecule has 0 spiro atoms. The highest BCUT2D eigenvalue weighted by molar-refractivity contribution is 5.40. The minimum Gasteiger partial charge on any atom is -0.310 e. The van der Waals surface area contributed by atoms with Crippen molar-refractivity contribution in [1.82, 2.24) is 5.32 Å². The molecule has 0 aromatic heterocycles. The molecule has 0 radical (unpaired) electrons. The minimum atomic E-state index is -4.28. The smallest absolute Gasteiger partial charge is 0.310 e. The van der Waals surface area contributed by atoms with Crippen molar-refractivity contribution in [3.05, 3.63) is 34.9 Å². The molecule has 1 saturated heterocycles. The van der Waals surface area contributed by atoms with Crippen molar-refractivity contribution in [3.8, 4) is 0 Å². The Bertz CT molecular complexity index is 451. The summed E-state index contributed by atoms with van der Waals surface area (Å²) in [5.74, 6) is 0. The zero-order chi connectivity index (χ0) is 14.3. The summed E-state index contributed by atoms with van der Waals surface area (Å²) < 4.78 is 38.5. The van der Waals surface area contributed by atoms with Crippen LogP contribution < -0.4 is 5.32 Å². The Labute approximate surface area is 112 Å². The van der Waals surface area contributed by atoms with Gasteiger partial charge in [0.05, 0.1) is 5.56 Å². The van der Waals surface area contributed by atoms with E-state index in [0.717, 1.165) is 30.5 Å². The van der Waals surface area contributed by atoms with E-state index in [0.29, 0.717) is 0 Å². The number of alkyl halides is 3. The lowest BCUT2D eigenvalue weighted by atomic mass is 9.80. The SMILES string of the molecule is CC(C)(C)c1cc(C(F)(F)F)ccc1C1CCCN1. The van der Waals surface area contributed by atoms with Gasteiger partial charge in [-0.15, -0.1) is 0 Å². The average molecular weight is 271 g/mol. The van der Waals surface area contributed by atoms with Crippen molar-refractivity contribution < 1.29 is 13.2 Å². The van der Waals surface area contributed by atoms with Crippen LogP contribution in [0.25, 0.3) is 0 Å². The van der Waals surface area contributed by atoms with Gasteiger partial charge in [-0.3, -0.25) is 0 Å². The maximum Gasteiger partial charge on any atom is 0.416 e. The average Bonchev–Trinajstić information content (AvgIpc) is 2.79. The Morgan fingerprint density at radius 3 is 2.32 bits per heavy atom. The highest BCUT2D eigenvalue weighted by Crippen LogP contribution is 2.38. The molecule has 0 saturated carbocycles. The maximum atomic E-state index is 12.8. The zero-order valence-electron chi connectivity index (χ0n) is 11.6. The second-order valence-corrected chi connectivity index (χ2v) is 6.20. The highest BCUT2D eigenvalue weighted by Gasteiger charge is 2.33. The molecule has 1 N–H and O–H groups in total. The van der Waals surface area contributed by atoms with Crippen molar-refractivity contribution in [2.75, 3.05) is 6.54 Å². The summed E-state index contributed by atoms with van der Waals surface area (Å²) in [5, 5.41) is 3.36. The lowest BCUT2D eigenvalue weighted by Crippen LogP contribution is -2.22. The monoisotopic (exact) mass is 271 g/mol. The Morgan fingerprint density at radius 1 is 1.16 bits per heavy atom. The third-order valence-corrected chi connectivity index (χ3v) is 3.62. The van der Waals surface area contributed by atoms with Crippen molar-refractivity contribution in [2.45, 2.75) is 51.2 Å². The van der Waals surface area contributed by atoms with E-state index in [1.807, 2.05) is 20.8 Å². The third kappa shape index (κ3) is 3.11. The fourth-order valence-electron chi connectivity index (χ4n) is 2.64. The van der Waals surface area contributed by atoms with E-state index < -0.39 is 11.7 Å². The lowest BCUT2D eigenvalue weighted by Gasteiger charge is -2.27. The summed E-state index contributed by atoms with van der Waals surface area (Å²) >= 11 is 0. The van der Waals surface area contributed by atoms with Gasteiger partial charge in [-0.25, -0.2) is 0 Å². The molecule has 0 aliphatic carbocycles. The van der Waals surface area contributed by atoms with Gasteiger partial charge in [0.2, 0.25) is 0 Å². The molecule has 0 bridgehead atoms. The number of hydrogen-bond acceptors (Lipinski definition) is 1. The van der Waals surface area contributed by atoms with Crippen LogP contribution in [0.1, 0.15) is 56.3 Å². The van der Waals surface area contributed by atoms with Crippen molar-refractivity contribution in [3.63, 3.8) is 0 Å². The first kappa shape index (κ1) is 14.4. The zero-order valence-corrected chi connectivity index (χ0v) is 11.6. The van der Waals surface area contributed by atoms with Gasteiger partial charge in [-0.1, -0.05) is 26.8 Å². The molecule has 1 aromatic rings. The van der Waals surface area contributed by atoms with Crippen LogP contribution in [0.5, 0.6) is 0 Å². The maximum absolute atomic E-state index is 12.8. The van der Waals surface area contributed by atoms with Gasteiger partial charge in [-0.05, 0) is 48.1 Å². The fourth-order valence-corrected chi connectivity index (χ4v) is 2.64. The van der Waals surface area contributed by atoms with Gasteiger partial charge in [0.1, 0.15) is 0 Å². The van der Waals surface area contributed by atoms with Crippen molar-refractivity contribution in [2.24, 2.45) is 0 Å². The topological polar surface area (TPSA) is 12.0 Å². The first-order valence-electron chi connectivity index (χ1n) is 6.64. The molecule has 4 heteroatoms. The van der Waals surface area contributed by atoms with Gasteiger partial charge in [0, 0.05) is 6.04 Å². The molecule has 2 rings (SSSR count). The Kier molecular flexibility index (Phi) is 3.65. The van der Waals surface area contributed by atoms with E-state index in [1.165, 1.54) is 12.1 Å². The summed E-state index contributed by atoms with van der Waals surface area (Å²) in [5.41, 5.74) is 0.958. The summed E-state index contributed by atoms with van der Waals surface area (Å²) in [4.78, 5) is 0. The van der Waals surface area contributed by atoms with Crippen LogP contribution in [-0.4, -0.2) is 6.54 Å². The highest BCUT2D eigenvalue weighted by atomic mass is 19.4. The Hall–Kier alpha value is -1.03. The predicted molar refractivity (Wildman–Crippen MR) is 70.1 cm³/mol. The van der Waals surface area contributed by atoms with Crippen LogP contribution in [0, 0.1) is 0 Å². The molecule has 1 unspecified atom stereocenters. The molecule has 0 amide bonds. The molecule has 1 aliphatic heterocycles. The van der Waals surface area contributed by atoms with Gasteiger partial charge in [0.15, 0.2) is 0 Å². The molecule has 19 heavy (non-hydrogen) atoms. The normalized spacial score (nSPS) is 20.8. The molecule has 106 valence electrons. The molecule has 1 aliphatic rings. The van der Waals surface area contributed by atoms with Crippen LogP contribution in [-0.2, 0) is 11.6 Å². The Morgan fingerprint density at radius 2 is 1.84 bits per heavy atom. The first-order chi connectivity index (χ1) is 8.69. The fraction of sp³-hybridized carbons (Fsp3) is 0.600. The predicted octanol–water partition coefficient (Wildman–Crippen LogP) is 4.43. The van der Waals surface area contributed by atoms with Gasteiger partial charge in [-0.2, -0.15) is 13.2 Å². The number of hydrogen-bond donors (Lipinski definition) is 1. The van der Waals surface area contributed by atoms with Crippen LogP contribution >= 0.6 is 0 Å². The molecule has 1 nitrogen and oxygen atoms in total. The number of nitrogens with one attached hydrogen (secondary N) is 1. The van der Waals surface area contributed by atoms with E-state index in [1.54, 1.807) is 6.07 Å². The summed E-state index contributed by atoms with van der Waals surface area (Å²) in [7, 11) is 0. The third-order valence-electron chi connectivity index (χ3n) is 3.62. The molecule has 1 heterocycles. The van der Waals surface area contributed by atoms with Crippen LogP contribution in [0.2, 0.25) is 0 Å². The first-order valence-corrected chi connectivity index (χ1v) is 6.64. The second-order valence-electron chi connectivity index (χ2n) is 6.20. The Balaban J connectivity index is 2.49. The van der Waals surface area contributed by atoms with Gasteiger partial charge < -0.3 is 5.32 Å². The van der Waals surface area contributed by atoms with E-state index in [2.05, 4.69) is 5.32 Å². The van der Waals surface area contributed by atoms with E-state index in [-0.39, 0.29) is 11.5 Å². The van der Waals surface area contributed by atoms with Crippen molar-refractivity contribution in [1.29, 1.82) is 0 Å².